The molecule has 7 nitrogen and oxygen atoms in total. The van der Waals surface area contributed by atoms with Gasteiger partial charge >= 0.3 is 0 Å². The molecule has 2 aromatic rings. The van der Waals surface area contributed by atoms with Crippen molar-refractivity contribution in [3.8, 4) is 11.5 Å². The second kappa shape index (κ2) is 6.51. The zero-order valence-corrected chi connectivity index (χ0v) is 13.8. The number of amides is 3. The van der Waals surface area contributed by atoms with E-state index in [-0.39, 0.29) is 19.2 Å². The summed E-state index contributed by atoms with van der Waals surface area (Å²) in [7, 11) is 0. The molecular weight excluding hydrogens is 336 g/mol. The van der Waals surface area contributed by atoms with Crippen LogP contribution in [0.3, 0.4) is 0 Å². The van der Waals surface area contributed by atoms with Crippen molar-refractivity contribution in [3.05, 3.63) is 59.7 Å². The van der Waals surface area contributed by atoms with Crippen molar-refractivity contribution in [2.24, 2.45) is 0 Å². The highest BCUT2D eigenvalue weighted by Gasteiger charge is 2.36. The number of hydrogen-bond donors (Lipinski definition) is 1. The molecule has 0 bridgehead atoms. The van der Waals surface area contributed by atoms with E-state index < -0.39 is 17.7 Å². The number of fused-ring (bicyclic) bond motifs is 2. The molecule has 0 saturated carbocycles. The van der Waals surface area contributed by atoms with Gasteiger partial charge in [0.2, 0.25) is 5.91 Å². The maximum Gasteiger partial charge on any atom is 0.262 e. The molecular formula is C19H16N2O5. The Morgan fingerprint density at radius 1 is 1.00 bits per heavy atom. The Hall–Kier alpha value is -3.35. The Kier molecular flexibility index (Phi) is 4.04. The molecule has 0 unspecified atom stereocenters. The number of benzene rings is 2. The van der Waals surface area contributed by atoms with E-state index in [1.165, 1.54) is 0 Å². The molecule has 2 aliphatic rings. The Morgan fingerprint density at radius 3 is 2.31 bits per heavy atom. The van der Waals surface area contributed by atoms with E-state index in [1.54, 1.807) is 30.3 Å². The van der Waals surface area contributed by atoms with Gasteiger partial charge in [0.15, 0.2) is 11.5 Å². The molecule has 4 rings (SSSR count). The first-order valence-electron chi connectivity index (χ1n) is 8.24. The van der Waals surface area contributed by atoms with Crippen molar-refractivity contribution >= 4 is 17.7 Å². The molecule has 1 N–H and O–H groups in total. The summed E-state index contributed by atoms with van der Waals surface area (Å²) >= 11 is 0. The lowest BCUT2D eigenvalue weighted by atomic mass is 10.1. The van der Waals surface area contributed by atoms with Crippen molar-refractivity contribution in [2.45, 2.75) is 6.10 Å². The Balaban J connectivity index is 1.33. The average Bonchev–Trinajstić information content (AvgIpc) is 2.91. The minimum Gasteiger partial charge on any atom is -0.486 e. The number of nitrogens with zero attached hydrogens (tertiary/aromatic N) is 1. The predicted octanol–water partition coefficient (Wildman–Crippen LogP) is 1.24. The summed E-state index contributed by atoms with van der Waals surface area (Å²) in [5.74, 6) is -0.0414. The second-order valence-electron chi connectivity index (χ2n) is 6.04. The molecule has 0 radical (unpaired) electrons. The van der Waals surface area contributed by atoms with Crippen LogP contribution in [0.5, 0.6) is 11.5 Å². The van der Waals surface area contributed by atoms with Crippen LogP contribution in [0.25, 0.3) is 0 Å². The number of rotatable bonds is 4. The van der Waals surface area contributed by atoms with Gasteiger partial charge in [0.25, 0.3) is 11.8 Å². The Bertz CT molecular complexity index is 860. The molecule has 1 atom stereocenters. The van der Waals surface area contributed by atoms with Gasteiger partial charge in [-0.15, -0.1) is 0 Å². The zero-order chi connectivity index (χ0) is 18.1. The van der Waals surface area contributed by atoms with Crippen LogP contribution in [0.2, 0.25) is 0 Å². The van der Waals surface area contributed by atoms with E-state index in [0.717, 1.165) is 4.90 Å². The van der Waals surface area contributed by atoms with E-state index in [1.807, 2.05) is 18.2 Å². The van der Waals surface area contributed by atoms with Gasteiger partial charge in [-0.05, 0) is 24.3 Å². The van der Waals surface area contributed by atoms with Gasteiger partial charge in [-0.1, -0.05) is 24.3 Å². The number of hydrogen-bond acceptors (Lipinski definition) is 5. The average molecular weight is 352 g/mol. The number of para-hydroxylation sites is 2. The molecule has 0 saturated heterocycles. The van der Waals surface area contributed by atoms with E-state index in [4.69, 9.17) is 9.47 Å². The van der Waals surface area contributed by atoms with Gasteiger partial charge in [-0.2, -0.15) is 0 Å². The summed E-state index contributed by atoms with van der Waals surface area (Å²) < 4.78 is 11.3. The molecule has 2 heterocycles. The zero-order valence-electron chi connectivity index (χ0n) is 13.8. The van der Waals surface area contributed by atoms with Gasteiger partial charge in [0.1, 0.15) is 19.3 Å². The lowest BCUT2D eigenvalue weighted by molar-refractivity contribution is -0.121. The number of carbonyl (C=O) groups excluding carboxylic acids is 3. The maximum absolute atomic E-state index is 12.3. The Morgan fingerprint density at radius 2 is 1.62 bits per heavy atom. The van der Waals surface area contributed by atoms with Crippen molar-refractivity contribution in [3.63, 3.8) is 0 Å². The van der Waals surface area contributed by atoms with Crippen molar-refractivity contribution < 1.29 is 23.9 Å². The second-order valence-corrected chi connectivity index (χ2v) is 6.04. The van der Waals surface area contributed by atoms with Crippen LogP contribution in [-0.2, 0) is 4.79 Å². The van der Waals surface area contributed by atoms with Crippen LogP contribution >= 0.6 is 0 Å². The molecule has 0 aromatic heterocycles. The fourth-order valence-electron chi connectivity index (χ4n) is 2.97. The smallest absolute Gasteiger partial charge is 0.262 e. The summed E-state index contributed by atoms with van der Waals surface area (Å²) in [5.41, 5.74) is 0.650. The first kappa shape index (κ1) is 16.1. The van der Waals surface area contributed by atoms with Gasteiger partial charge in [0.05, 0.1) is 17.7 Å². The molecule has 2 aromatic carbocycles. The summed E-state index contributed by atoms with van der Waals surface area (Å²) in [6, 6.07) is 13.8. The lowest BCUT2D eigenvalue weighted by Crippen LogP contribution is -2.45. The van der Waals surface area contributed by atoms with E-state index in [2.05, 4.69) is 5.32 Å². The summed E-state index contributed by atoms with van der Waals surface area (Å²) in [6.07, 6.45) is -0.337. The minimum absolute atomic E-state index is 0.219. The maximum atomic E-state index is 12.3. The quantitative estimate of drug-likeness (QED) is 0.837. The first-order valence-corrected chi connectivity index (χ1v) is 8.24. The van der Waals surface area contributed by atoms with Crippen LogP contribution in [-0.4, -0.2) is 48.4 Å². The monoisotopic (exact) mass is 352 g/mol. The first-order chi connectivity index (χ1) is 12.6. The topological polar surface area (TPSA) is 84.9 Å². The Labute approximate surface area is 149 Å². The van der Waals surface area contributed by atoms with Crippen LogP contribution < -0.4 is 14.8 Å². The van der Waals surface area contributed by atoms with E-state index in [0.29, 0.717) is 29.2 Å². The minimum atomic E-state index is -0.452. The highest BCUT2D eigenvalue weighted by atomic mass is 16.6. The van der Waals surface area contributed by atoms with Gasteiger partial charge in [-0.3, -0.25) is 19.3 Å². The van der Waals surface area contributed by atoms with Crippen LogP contribution in [0, 0.1) is 0 Å². The van der Waals surface area contributed by atoms with Crippen LogP contribution in [0.1, 0.15) is 20.7 Å². The number of imide groups is 1. The molecule has 26 heavy (non-hydrogen) atoms. The number of carbonyl (C=O) groups is 3. The van der Waals surface area contributed by atoms with Gasteiger partial charge < -0.3 is 14.8 Å². The van der Waals surface area contributed by atoms with Crippen LogP contribution in [0.15, 0.2) is 48.5 Å². The molecule has 132 valence electrons. The number of ether oxygens (including phenoxy) is 2. The largest absolute Gasteiger partial charge is 0.486 e. The van der Waals surface area contributed by atoms with E-state index >= 15 is 0 Å². The molecule has 0 aliphatic carbocycles. The van der Waals surface area contributed by atoms with Crippen molar-refractivity contribution in [1.82, 2.24) is 10.2 Å². The van der Waals surface area contributed by atoms with Crippen LogP contribution in [0.4, 0.5) is 0 Å². The van der Waals surface area contributed by atoms with E-state index in [9.17, 15) is 14.4 Å². The molecule has 3 amide bonds. The third-order valence-corrected chi connectivity index (χ3v) is 4.27. The summed E-state index contributed by atoms with van der Waals surface area (Å²) in [4.78, 5) is 37.7. The highest BCUT2D eigenvalue weighted by molar-refractivity contribution is 6.22. The summed E-state index contributed by atoms with van der Waals surface area (Å²) in [5, 5.41) is 2.69. The molecule has 0 fully saturated rings. The van der Waals surface area contributed by atoms with Gasteiger partial charge in [-0.25, -0.2) is 0 Å². The van der Waals surface area contributed by atoms with Crippen molar-refractivity contribution in [2.75, 3.05) is 19.7 Å². The highest BCUT2D eigenvalue weighted by Crippen LogP contribution is 2.30. The fourth-order valence-corrected chi connectivity index (χ4v) is 2.97. The molecule has 7 heteroatoms. The third kappa shape index (κ3) is 2.88. The fraction of sp³-hybridized carbons (Fsp3) is 0.211. The molecule has 0 spiro atoms. The summed E-state index contributed by atoms with van der Waals surface area (Å²) in [6.45, 7) is 0.206. The SMILES string of the molecule is O=C(CN1C(=O)c2ccccc2C1=O)NC[C@H]1COc2ccccc2O1. The van der Waals surface area contributed by atoms with Crippen molar-refractivity contribution in [1.29, 1.82) is 0 Å². The molecule has 2 aliphatic heterocycles. The number of nitrogens with one attached hydrogen (secondary N) is 1. The lowest BCUT2D eigenvalue weighted by Gasteiger charge is -2.26. The normalized spacial score (nSPS) is 17.8. The third-order valence-electron chi connectivity index (χ3n) is 4.27. The predicted molar refractivity (Wildman–Crippen MR) is 91.2 cm³/mol. The standard InChI is InChI=1S/C19H16N2O5/c22-17(10-21-18(23)13-5-1-2-6-14(13)19(21)24)20-9-12-11-25-15-7-3-4-8-16(15)26-12/h1-8,12H,9-11H2,(H,20,22)/t12-/m0/s1. The van der Waals surface area contributed by atoms with Gasteiger partial charge in [0, 0.05) is 0 Å².